The van der Waals surface area contributed by atoms with Gasteiger partial charge in [0.1, 0.15) is 18.5 Å². The van der Waals surface area contributed by atoms with E-state index in [1.807, 2.05) is 4.90 Å². The Labute approximate surface area is 183 Å². The Hall–Kier alpha value is -1.85. The monoisotopic (exact) mass is 478 g/mol. The smallest absolute Gasteiger partial charge is 0.417 e. The third-order valence-electron chi connectivity index (χ3n) is 4.87. The van der Waals surface area contributed by atoms with Crippen LogP contribution in [0, 0.1) is 0 Å². The van der Waals surface area contributed by atoms with Gasteiger partial charge in [0, 0.05) is 37.7 Å². The van der Waals surface area contributed by atoms with Crippen molar-refractivity contribution in [1.82, 2.24) is 9.21 Å². The lowest BCUT2D eigenvalue weighted by atomic mass is 10.2. The van der Waals surface area contributed by atoms with E-state index in [2.05, 4.69) is 0 Å². The number of β-amino-alcohol motifs (C(OH)–C–C–N with tert-alkyl or cyclic N) is 1. The predicted molar refractivity (Wildman–Crippen MR) is 110 cm³/mol. The molecule has 0 aliphatic carbocycles. The SMILES string of the molecule is O=S(=O)(c1ccccc1C(F)(F)F)N1CCN(C[C@@H](O)COc2ccc(Cl)cc2)CC1. The van der Waals surface area contributed by atoms with Crippen LogP contribution in [0.5, 0.6) is 5.75 Å². The van der Waals surface area contributed by atoms with E-state index in [0.717, 1.165) is 22.5 Å². The average Bonchev–Trinajstić information content (AvgIpc) is 2.73. The fourth-order valence-corrected chi connectivity index (χ4v) is 5.05. The van der Waals surface area contributed by atoms with E-state index in [0.29, 0.717) is 10.8 Å². The normalized spacial score (nSPS) is 17.5. The molecule has 170 valence electrons. The number of halogens is 4. The maximum Gasteiger partial charge on any atom is 0.417 e. The standard InChI is InChI=1S/C20H22ClF3N2O4S/c21-15-5-7-17(8-6-15)30-14-16(27)13-25-9-11-26(12-10-25)31(28,29)19-4-2-1-3-18(19)20(22,23)24/h1-8,16,27H,9-14H2/t16-/m1/s1. The summed E-state index contributed by atoms with van der Waals surface area (Å²) in [6.45, 7) is 0.912. The van der Waals surface area contributed by atoms with Crippen molar-refractivity contribution in [2.75, 3.05) is 39.3 Å². The lowest BCUT2D eigenvalue weighted by Crippen LogP contribution is -2.51. The van der Waals surface area contributed by atoms with Crippen molar-refractivity contribution < 1.29 is 31.4 Å². The summed E-state index contributed by atoms with van der Waals surface area (Å²) in [5.41, 5.74) is -1.17. The van der Waals surface area contributed by atoms with Crippen LogP contribution in [0.1, 0.15) is 5.56 Å². The van der Waals surface area contributed by atoms with Gasteiger partial charge >= 0.3 is 6.18 Å². The minimum Gasteiger partial charge on any atom is -0.491 e. The van der Waals surface area contributed by atoms with E-state index in [1.54, 1.807) is 24.3 Å². The number of sulfonamides is 1. The Morgan fingerprint density at radius 2 is 1.65 bits per heavy atom. The molecule has 1 atom stereocenters. The number of benzene rings is 2. The van der Waals surface area contributed by atoms with Crippen LogP contribution in [-0.2, 0) is 16.2 Å². The first kappa shape index (κ1) is 23.8. The second kappa shape index (κ2) is 9.74. The predicted octanol–water partition coefficient (Wildman–Crippen LogP) is 3.11. The molecule has 1 heterocycles. The molecule has 6 nitrogen and oxygen atoms in total. The molecule has 0 saturated carbocycles. The Morgan fingerprint density at radius 1 is 1.03 bits per heavy atom. The van der Waals surface area contributed by atoms with Gasteiger partial charge in [0.2, 0.25) is 10.0 Å². The molecule has 2 aromatic rings. The van der Waals surface area contributed by atoms with Crippen molar-refractivity contribution in [2.24, 2.45) is 0 Å². The third kappa shape index (κ3) is 6.11. The Bertz CT molecular complexity index is 979. The van der Waals surface area contributed by atoms with Gasteiger partial charge in [0.25, 0.3) is 0 Å². The molecule has 0 spiro atoms. The first-order valence-corrected chi connectivity index (χ1v) is 11.3. The van der Waals surface area contributed by atoms with Crippen molar-refractivity contribution in [1.29, 1.82) is 0 Å². The number of aliphatic hydroxyl groups is 1. The van der Waals surface area contributed by atoms with E-state index >= 15 is 0 Å². The molecule has 1 aliphatic heterocycles. The van der Waals surface area contributed by atoms with Crippen LogP contribution < -0.4 is 4.74 Å². The zero-order valence-corrected chi connectivity index (χ0v) is 18.0. The van der Waals surface area contributed by atoms with Crippen molar-refractivity contribution in [3.05, 3.63) is 59.1 Å². The molecular weight excluding hydrogens is 457 g/mol. The van der Waals surface area contributed by atoms with Crippen LogP contribution in [0.25, 0.3) is 0 Å². The van der Waals surface area contributed by atoms with Gasteiger partial charge in [0.15, 0.2) is 0 Å². The molecule has 0 aromatic heterocycles. The van der Waals surface area contributed by atoms with Crippen LogP contribution in [0.3, 0.4) is 0 Å². The summed E-state index contributed by atoms with van der Waals surface area (Å²) in [5.74, 6) is 0.558. The fraction of sp³-hybridized carbons (Fsp3) is 0.400. The van der Waals surface area contributed by atoms with Crippen molar-refractivity contribution >= 4 is 21.6 Å². The minimum absolute atomic E-state index is 0.0271. The lowest BCUT2D eigenvalue weighted by Gasteiger charge is -2.35. The number of nitrogens with zero attached hydrogens (tertiary/aromatic N) is 2. The van der Waals surface area contributed by atoms with Crippen molar-refractivity contribution in [2.45, 2.75) is 17.2 Å². The average molecular weight is 479 g/mol. The number of hydrogen-bond acceptors (Lipinski definition) is 5. The number of rotatable bonds is 7. The number of ether oxygens (including phenoxy) is 1. The van der Waals surface area contributed by atoms with Gasteiger partial charge in [0.05, 0.1) is 10.5 Å². The quantitative estimate of drug-likeness (QED) is 0.662. The maximum atomic E-state index is 13.2. The van der Waals surface area contributed by atoms with E-state index in [9.17, 15) is 26.7 Å². The van der Waals surface area contributed by atoms with Crippen LogP contribution in [0.4, 0.5) is 13.2 Å². The first-order chi connectivity index (χ1) is 14.6. The van der Waals surface area contributed by atoms with Gasteiger partial charge in [-0.15, -0.1) is 0 Å². The largest absolute Gasteiger partial charge is 0.491 e. The second-order valence-electron chi connectivity index (χ2n) is 7.12. The summed E-state index contributed by atoms with van der Waals surface area (Å²) < 4.78 is 71.8. The van der Waals surface area contributed by atoms with Crippen molar-refractivity contribution in [3.8, 4) is 5.75 Å². The molecule has 1 fully saturated rings. The number of hydrogen-bond donors (Lipinski definition) is 1. The van der Waals surface area contributed by atoms with Gasteiger partial charge in [-0.25, -0.2) is 8.42 Å². The van der Waals surface area contributed by atoms with Crippen LogP contribution in [0.15, 0.2) is 53.4 Å². The molecule has 1 N–H and O–H groups in total. The summed E-state index contributed by atoms with van der Waals surface area (Å²) in [5, 5.41) is 10.8. The molecular formula is C20H22ClF3N2O4S. The van der Waals surface area contributed by atoms with Gasteiger partial charge in [-0.2, -0.15) is 17.5 Å². The van der Waals surface area contributed by atoms with E-state index in [-0.39, 0.29) is 39.3 Å². The molecule has 31 heavy (non-hydrogen) atoms. The molecule has 1 saturated heterocycles. The Balaban J connectivity index is 1.55. The minimum atomic E-state index is -4.76. The molecule has 0 amide bonds. The molecule has 0 radical (unpaired) electrons. The highest BCUT2D eigenvalue weighted by molar-refractivity contribution is 7.89. The van der Waals surface area contributed by atoms with Crippen molar-refractivity contribution in [3.63, 3.8) is 0 Å². The zero-order chi connectivity index (χ0) is 22.6. The molecule has 0 bridgehead atoms. The highest BCUT2D eigenvalue weighted by atomic mass is 35.5. The third-order valence-corrected chi connectivity index (χ3v) is 7.08. The first-order valence-electron chi connectivity index (χ1n) is 9.52. The van der Waals surface area contributed by atoms with E-state index in [1.165, 1.54) is 6.07 Å². The van der Waals surface area contributed by atoms with Gasteiger partial charge < -0.3 is 9.84 Å². The zero-order valence-electron chi connectivity index (χ0n) is 16.4. The second-order valence-corrected chi connectivity index (χ2v) is 9.46. The van der Waals surface area contributed by atoms with E-state index in [4.69, 9.17) is 16.3 Å². The molecule has 11 heteroatoms. The summed E-state index contributed by atoms with van der Waals surface area (Å²) in [7, 11) is -4.29. The van der Waals surface area contributed by atoms with Crippen LogP contribution >= 0.6 is 11.6 Å². The molecule has 0 unspecified atom stereocenters. The number of aliphatic hydroxyl groups excluding tert-OH is 1. The number of alkyl halides is 3. The Morgan fingerprint density at radius 3 is 2.26 bits per heavy atom. The Kier molecular flexibility index (Phi) is 7.48. The van der Waals surface area contributed by atoms with Crippen LogP contribution in [-0.4, -0.2) is 68.2 Å². The molecule has 1 aliphatic rings. The topological polar surface area (TPSA) is 70.1 Å². The molecule has 2 aromatic carbocycles. The van der Waals surface area contributed by atoms with Gasteiger partial charge in [-0.1, -0.05) is 23.7 Å². The summed E-state index contributed by atoms with van der Waals surface area (Å²) >= 11 is 5.80. The highest BCUT2D eigenvalue weighted by Gasteiger charge is 2.39. The maximum absolute atomic E-state index is 13.2. The van der Waals surface area contributed by atoms with Crippen LogP contribution in [0.2, 0.25) is 5.02 Å². The summed E-state index contributed by atoms with van der Waals surface area (Å²) in [6.07, 6.45) is -5.58. The summed E-state index contributed by atoms with van der Waals surface area (Å²) in [6, 6.07) is 10.9. The highest BCUT2D eigenvalue weighted by Crippen LogP contribution is 2.35. The molecule has 3 rings (SSSR count). The lowest BCUT2D eigenvalue weighted by molar-refractivity contribution is -0.139. The number of piperazine rings is 1. The van der Waals surface area contributed by atoms with Gasteiger partial charge in [-0.3, -0.25) is 4.90 Å². The fourth-order valence-electron chi connectivity index (χ4n) is 3.29. The van der Waals surface area contributed by atoms with Gasteiger partial charge in [-0.05, 0) is 36.4 Å². The van der Waals surface area contributed by atoms with E-state index < -0.39 is 32.8 Å². The summed E-state index contributed by atoms with van der Waals surface area (Å²) in [4.78, 5) is 1.10.